The van der Waals surface area contributed by atoms with Gasteiger partial charge in [-0.25, -0.2) is 0 Å². The van der Waals surface area contributed by atoms with Gasteiger partial charge in [0, 0.05) is 4.47 Å². The Morgan fingerprint density at radius 3 is 2.69 bits per heavy atom. The van der Waals surface area contributed by atoms with E-state index in [1.807, 2.05) is 0 Å². The van der Waals surface area contributed by atoms with Gasteiger partial charge in [-0.15, -0.1) is 0 Å². The van der Waals surface area contributed by atoms with Crippen molar-refractivity contribution in [2.75, 3.05) is 5.73 Å². The molecule has 0 fully saturated rings. The van der Waals surface area contributed by atoms with E-state index >= 15 is 0 Å². The van der Waals surface area contributed by atoms with Crippen molar-refractivity contribution in [3.63, 3.8) is 0 Å². The first-order valence-corrected chi connectivity index (χ1v) is 3.99. The predicted octanol–water partition coefficient (Wildman–Crippen LogP) is 1.81. The second-order valence-corrected chi connectivity index (χ2v) is 3.08. The Morgan fingerprint density at radius 2 is 2.23 bits per heavy atom. The molecular formula is C7H4BrN3O2. The lowest BCUT2D eigenvalue weighted by atomic mass is 10.2. The molecule has 0 bridgehead atoms. The third-order valence-electron chi connectivity index (χ3n) is 1.47. The number of anilines is 1. The highest BCUT2D eigenvalue weighted by molar-refractivity contribution is 9.10. The van der Waals surface area contributed by atoms with Gasteiger partial charge in [-0.05, 0) is 28.1 Å². The molecule has 6 heteroatoms. The lowest BCUT2D eigenvalue weighted by Gasteiger charge is -2.00. The molecule has 1 aromatic rings. The van der Waals surface area contributed by atoms with E-state index in [-0.39, 0.29) is 16.9 Å². The Bertz CT molecular complexity index is 411. The van der Waals surface area contributed by atoms with Crippen LogP contribution in [0.3, 0.4) is 0 Å². The first kappa shape index (κ1) is 9.48. The summed E-state index contributed by atoms with van der Waals surface area (Å²) in [7, 11) is 0. The molecule has 5 nitrogen and oxygen atoms in total. The van der Waals surface area contributed by atoms with Gasteiger partial charge in [-0.2, -0.15) is 5.26 Å². The van der Waals surface area contributed by atoms with Gasteiger partial charge in [0.25, 0.3) is 0 Å². The molecule has 0 amide bonds. The van der Waals surface area contributed by atoms with Crippen molar-refractivity contribution in [2.45, 2.75) is 0 Å². The van der Waals surface area contributed by atoms with Gasteiger partial charge in [-0.3, -0.25) is 10.1 Å². The molecule has 0 heterocycles. The number of halogens is 1. The normalized spacial score (nSPS) is 9.23. The molecule has 0 atom stereocenters. The van der Waals surface area contributed by atoms with Crippen molar-refractivity contribution in [3.8, 4) is 6.07 Å². The van der Waals surface area contributed by atoms with Crippen LogP contribution in [0.25, 0.3) is 0 Å². The molecule has 66 valence electrons. The fraction of sp³-hybridized carbons (Fsp3) is 0. The molecule has 0 aliphatic heterocycles. The Hall–Kier alpha value is -1.61. The highest BCUT2D eigenvalue weighted by Crippen LogP contribution is 2.32. The molecule has 1 rings (SSSR count). The van der Waals surface area contributed by atoms with Crippen molar-refractivity contribution < 1.29 is 4.92 Å². The van der Waals surface area contributed by atoms with Crippen LogP contribution in [0.5, 0.6) is 0 Å². The number of nitrogens with two attached hydrogens (primary N) is 1. The third kappa shape index (κ3) is 1.60. The summed E-state index contributed by atoms with van der Waals surface area (Å²) in [6.07, 6.45) is 0. The number of hydrogen-bond acceptors (Lipinski definition) is 4. The quantitative estimate of drug-likeness (QED) is 0.461. The van der Waals surface area contributed by atoms with Crippen molar-refractivity contribution in [2.24, 2.45) is 0 Å². The molecule has 0 aromatic heterocycles. The second-order valence-electron chi connectivity index (χ2n) is 2.23. The highest BCUT2D eigenvalue weighted by Gasteiger charge is 2.19. The van der Waals surface area contributed by atoms with E-state index in [9.17, 15) is 10.1 Å². The van der Waals surface area contributed by atoms with Crippen LogP contribution in [0.2, 0.25) is 0 Å². The minimum atomic E-state index is -0.668. The van der Waals surface area contributed by atoms with Crippen LogP contribution in [0, 0.1) is 21.4 Å². The van der Waals surface area contributed by atoms with Crippen molar-refractivity contribution >= 4 is 27.3 Å². The molecule has 0 radical (unpaired) electrons. The van der Waals surface area contributed by atoms with E-state index in [2.05, 4.69) is 15.9 Å². The standard InChI is InChI=1S/C7H4BrN3O2/c8-5-2-1-4(3-9)7(6(5)10)11(12)13/h1-2H,10H2. The topological polar surface area (TPSA) is 93.0 Å². The van der Waals surface area contributed by atoms with Crippen LogP contribution >= 0.6 is 15.9 Å². The van der Waals surface area contributed by atoms with Crippen molar-refractivity contribution in [3.05, 3.63) is 32.3 Å². The molecule has 0 saturated carbocycles. The van der Waals surface area contributed by atoms with Crippen molar-refractivity contribution in [1.29, 1.82) is 5.26 Å². The molecule has 0 aliphatic rings. The zero-order chi connectivity index (χ0) is 10.0. The molecule has 1 aromatic carbocycles. The van der Waals surface area contributed by atoms with Crippen LogP contribution < -0.4 is 5.73 Å². The van der Waals surface area contributed by atoms with E-state index in [1.54, 1.807) is 6.07 Å². The minimum absolute atomic E-state index is 0.0240. The maximum Gasteiger partial charge on any atom is 0.310 e. The highest BCUT2D eigenvalue weighted by atomic mass is 79.9. The Labute approximate surface area is 82.0 Å². The van der Waals surface area contributed by atoms with Gasteiger partial charge in [0.1, 0.15) is 17.3 Å². The first-order chi connectivity index (χ1) is 6.07. The first-order valence-electron chi connectivity index (χ1n) is 3.20. The van der Waals surface area contributed by atoms with E-state index in [1.165, 1.54) is 12.1 Å². The lowest BCUT2D eigenvalue weighted by molar-refractivity contribution is -0.384. The van der Waals surface area contributed by atoms with Gasteiger partial charge < -0.3 is 5.73 Å². The Balaban J connectivity index is 3.53. The van der Waals surface area contributed by atoms with E-state index in [0.29, 0.717) is 4.47 Å². The summed E-state index contributed by atoms with van der Waals surface area (Å²) < 4.78 is 0.415. The fourth-order valence-corrected chi connectivity index (χ4v) is 1.19. The van der Waals surface area contributed by atoms with Gasteiger partial charge in [-0.1, -0.05) is 0 Å². The van der Waals surface area contributed by atoms with Gasteiger partial charge in [0.2, 0.25) is 0 Å². The summed E-state index contributed by atoms with van der Waals surface area (Å²) in [5.41, 5.74) is 5.01. The van der Waals surface area contributed by atoms with Gasteiger partial charge >= 0.3 is 5.69 Å². The summed E-state index contributed by atoms with van der Waals surface area (Å²) >= 11 is 3.04. The third-order valence-corrected chi connectivity index (χ3v) is 2.16. The van der Waals surface area contributed by atoms with Crippen molar-refractivity contribution in [1.82, 2.24) is 0 Å². The SMILES string of the molecule is N#Cc1ccc(Br)c(N)c1[N+](=O)[O-]. The number of benzene rings is 1. The monoisotopic (exact) mass is 241 g/mol. The van der Waals surface area contributed by atoms with E-state index in [0.717, 1.165) is 0 Å². The molecule has 0 saturated heterocycles. The molecule has 0 aliphatic carbocycles. The largest absolute Gasteiger partial charge is 0.392 e. The fourth-order valence-electron chi connectivity index (χ4n) is 0.870. The summed E-state index contributed by atoms with van der Waals surface area (Å²) in [6.45, 7) is 0. The molecule has 2 N–H and O–H groups in total. The van der Waals surface area contributed by atoms with E-state index < -0.39 is 4.92 Å². The van der Waals surface area contributed by atoms with Crippen LogP contribution in [0.4, 0.5) is 11.4 Å². The molecule has 0 unspecified atom stereocenters. The number of nitrogens with zero attached hydrogens (tertiary/aromatic N) is 2. The average molecular weight is 242 g/mol. The van der Waals surface area contributed by atoms with Crippen LogP contribution in [-0.2, 0) is 0 Å². The number of nitro benzene ring substituents is 1. The summed E-state index contributed by atoms with van der Waals surface area (Å²) in [4.78, 5) is 9.84. The maximum absolute atomic E-state index is 10.5. The average Bonchev–Trinajstić information content (AvgIpc) is 2.08. The molecule has 0 spiro atoms. The maximum atomic E-state index is 10.5. The zero-order valence-corrected chi connectivity index (χ0v) is 7.91. The van der Waals surface area contributed by atoms with Crippen LogP contribution in [0.1, 0.15) is 5.56 Å². The van der Waals surface area contributed by atoms with Gasteiger partial charge in [0.15, 0.2) is 0 Å². The predicted molar refractivity (Wildman–Crippen MR) is 49.9 cm³/mol. The molecule has 13 heavy (non-hydrogen) atoms. The summed E-state index contributed by atoms with van der Waals surface area (Å²) in [5, 5.41) is 19.1. The zero-order valence-electron chi connectivity index (χ0n) is 6.32. The van der Waals surface area contributed by atoms with E-state index in [4.69, 9.17) is 11.0 Å². The van der Waals surface area contributed by atoms with Gasteiger partial charge in [0.05, 0.1) is 4.92 Å². The van der Waals surface area contributed by atoms with Crippen LogP contribution in [0.15, 0.2) is 16.6 Å². The number of nitriles is 1. The summed E-state index contributed by atoms with van der Waals surface area (Å²) in [5.74, 6) is 0. The summed E-state index contributed by atoms with van der Waals surface area (Å²) in [6, 6.07) is 4.55. The number of rotatable bonds is 1. The molecular weight excluding hydrogens is 238 g/mol. The Morgan fingerprint density at radius 1 is 1.62 bits per heavy atom. The minimum Gasteiger partial charge on any atom is -0.392 e. The lowest BCUT2D eigenvalue weighted by Crippen LogP contribution is -1.99. The second kappa shape index (κ2) is 3.41. The Kier molecular flexibility index (Phi) is 2.49. The number of hydrogen-bond donors (Lipinski definition) is 1. The number of nitro groups is 1. The smallest absolute Gasteiger partial charge is 0.310 e. The number of nitrogen functional groups attached to an aromatic ring is 1. The van der Waals surface area contributed by atoms with Crippen LogP contribution in [-0.4, -0.2) is 4.92 Å².